The van der Waals surface area contributed by atoms with E-state index in [-0.39, 0.29) is 11.1 Å². The molecule has 0 unspecified atom stereocenters. The number of carboxylic acids is 2. The van der Waals surface area contributed by atoms with Crippen LogP contribution in [0, 0.1) is 0 Å². The van der Waals surface area contributed by atoms with Gasteiger partial charge in [0.15, 0.2) is 0 Å². The molecule has 92 valence electrons. The van der Waals surface area contributed by atoms with Gasteiger partial charge in [0.2, 0.25) is 0 Å². The second-order valence-corrected chi connectivity index (χ2v) is 3.84. The summed E-state index contributed by atoms with van der Waals surface area (Å²) < 4.78 is 23.3. The van der Waals surface area contributed by atoms with Crippen LogP contribution in [0.15, 0.2) is 24.3 Å². The first-order chi connectivity index (χ1) is 7.02. The number of carbonyl (C=O) groups is 2. The summed E-state index contributed by atoms with van der Waals surface area (Å²) in [6.07, 6.45) is 0. The molecule has 0 aliphatic rings. The first kappa shape index (κ1) is 20.4. The van der Waals surface area contributed by atoms with E-state index >= 15 is 0 Å². The van der Waals surface area contributed by atoms with Gasteiger partial charge >= 0.3 is 43.8 Å². The predicted molar refractivity (Wildman–Crippen MR) is 50.0 cm³/mol. The molecule has 0 aromatic carbocycles. The van der Waals surface area contributed by atoms with Crippen molar-refractivity contribution >= 4 is 11.9 Å². The van der Waals surface area contributed by atoms with E-state index in [0.29, 0.717) is 0 Å². The van der Waals surface area contributed by atoms with Crippen molar-refractivity contribution in [3.63, 3.8) is 0 Å². The summed E-state index contributed by atoms with van der Waals surface area (Å²) in [7, 11) is 0. The Kier molecular flexibility index (Phi) is 15.4. The van der Waals surface area contributed by atoms with Gasteiger partial charge < -0.3 is 10.2 Å². The molecule has 0 aliphatic heterocycles. The quantitative estimate of drug-likeness (QED) is 0.530. The Hall–Kier alpha value is -0.977. The van der Waals surface area contributed by atoms with Crippen molar-refractivity contribution in [2.24, 2.45) is 0 Å². The topological polar surface area (TPSA) is 132 Å². The van der Waals surface area contributed by atoms with Gasteiger partial charge in [0.05, 0.1) is 0 Å². The molecule has 0 rings (SSSR count). The van der Waals surface area contributed by atoms with E-state index in [4.69, 9.17) is 19.4 Å². The Morgan fingerprint density at radius 2 is 1.00 bits per heavy atom. The van der Waals surface area contributed by atoms with Crippen LogP contribution in [0.5, 0.6) is 0 Å². The molecule has 0 fully saturated rings. The molecule has 16 heavy (non-hydrogen) atoms. The Morgan fingerprint density at radius 3 is 1.00 bits per heavy atom. The zero-order valence-electron chi connectivity index (χ0n) is 8.93. The van der Waals surface area contributed by atoms with Gasteiger partial charge in [0, 0.05) is 11.1 Å². The first-order valence-corrected chi connectivity index (χ1v) is 6.92. The number of carboxylic acid groups (broad SMARTS) is 2. The standard InChI is InChI=1S/2C4H6O2.2H2O.O.Zr/c2*1-3(2)4(5)6;;;;/h2*1H2,2H3,(H,5,6);2*1H2;;/q;;;;;+2/p-2. The van der Waals surface area contributed by atoms with Crippen LogP contribution in [0.2, 0.25) is 0 Å². The molecule has 0 spiro atoms. The zero-order chi connectivity index (χ0) is 13.9. The molecule has 0 bridgehead atoms. The molecule has 0 aliphatic carbocycles. The summed E-state index contributed by atoms with van der Waals surface area (Å²) in [5, 5.41) is 15.8. The molecule has 0 saturated carbocycles. The zero-order valence-corrected chi connectivity index (χ0v) is 11.4. The van der Waals surface area contributed by atoms with E-state index in [9.17, 15) is 9.59 Å². The van der Waals surface area contributed by atoms with Crippen LogP contribution in [0.4, 0.5) is 0 Å². The number of hydrogen-bond acceptors (Lipinski definition) is 3. The van der Waals surface area contributed by atoms with Crippen LogP contribution in [-0.2, 0) is 35.0 Å². The fourth-order valence-electron chi connectivity index (χ4n) is 0. The van der Waals surface area contributed by atoms with Gasteiger partial charge in [-0.15, -0.1) is 0 Å². The molecule has 0 aromatic heterocycles. The summed E-state index contributed by atoms with van der Waals surface area (Å²) in [4.78, 5) is 19.2. The van der Waals surface area contributed by atoms with E-state index in [2.05, 4.69) is 13.2 Å². The molecule has 0 aromatic rings. The van der Waals surface area contributed by atoms with E-state index in [1.54, 1.807) is 0 Å². The Balaban J connectivity index is -0.000000162. The normalized spacial score (nSPS) is 7.25. The number of aliphatic carboxylic acids is 2. The maximum absolute atomic E-state index is 9.60. The van der Waals surface area contributed by atoms with Gasteiger partial charge in [-0.3, -0.25) is 0 Å². The molecule has 4 N–H and O–H groups in total. The first-order valence-electron chi connectivity index (χ1n) is 3.71. The van der Waals surface area contributed by atoms with E-state index < -0.39 is 34.6 Å². The van der Waals surface area contributed by atoms with Crippen LogP contribution >= 0.6 is 0 Å². The third-order valence-electron chi connectivity index (χ3n) is 0.730. The molecule has 0 amide bonds. The average Bonchev–Trinajstić information content (AvgIpc) is 2.03. The van der Waals surface area contributed by atoms with Gasteiger partial charge in [-0.1, -0.05) is 13.2 Å². The third-order valence-corrected chi connectivity index (χ3v) is 0.730. The van der Waals surface area contributed by atoms with Crippen molar-refractivity contribution in [3.05, 3.63) is 24.3 Å². The fourth-order valence-corrected chi connectivity index (χ4v) is 0. The fraction of sp³-hybridized carbons (Fsp3) is 0.250. The minimum atomic E-state index is -3.79. The van der Waals surface area contributed by atoms with Crippen molar-refractivity contribution in [2.45, 2.75) is 13.8 Å². The second-order valence-electron chi connectivity index (χ2n) is 2.45. The molecule has 7 nitrogen and oxygen atoms in total. The van der Waals surface area contributed by atoms with Crippen molar-refractivity contribution in [2.75, 3.05) is 0 Å². The van der Waals surface area contributed by atoms with Crippen molar-refractivity contribution in [3.8, 4) is 0 Å². The van der Waals surface area contributed by atoms with Gasteiger partial charge in [-0.25, -0.2) is 9.59 Å². The Labute approximate surface area is 102 Å². The summed E-state index contributed by atoms with van der Waals surface area (Å²) in [6.45, 7) is 9.20. The van der Waals surface area contributed by atoms with Crippen LogP contribution in [-0.4, -0.2) is 28.5 Å². The Bertz CT molecular complexity index is 243. The molecule has 0 heterocycles. The van der Waals surface area contributed by atoms with Crippen molar-refractivity contribution < 1.29 is 51.6 Å². The predicted octanol–water partition coefficient (Wildman–Crippen LogP) is 0.0589. The monoisotopic (exact) mass is 312 g/mol. The van der Waals surface area contributed by atoms with Gasteiger partial charge in [0.1, 0.15) is 0 Å². The van der Waals surface area contributed by atoms with Crippen LogP contribution in [0.25, 0.3) is 0 Å². The van der Waals surface area contributed by atoms with Crippen LogP contribution in [0.1, 0.15) is 13.8 Å². The summed E-state index contributed by atoms with van der Waals surface area (Å²) >= 11 is -3.79. The van der Waals surface area contributed by atoms with Gasteiger partial charge in [-0.2, -0.15) is 0 Å². The summed E-state index contributed by atoms with van der Waals surface area (Å²) in [5.74, 6) is -1.87. The van der Waals surface area contributed by atoms with Crippen LogP contribution < -0.4 is 0 Å². The van der Waals surface area contributed by atoms with Gasteiger partial charge in [0.25, 0.3) is 0 Å². The molecular formula is C8H14O7Zr. The van der Waals surface area contributed by atoms with Crippen molar-refractivity contribution in [1.29, 1.82) is 0 Å². The van der Waals surface area contributed by atoms with Crippen molar-refractivity contribution in [1.82, 2.24) is 0 Å². The molecule has 0 atom stereocenters. The van der Waals surface area contributed by atoms with E-state index in [1.165, 1.54) is 13.8 Å². The van der Waals surface area contributed by atoms with E-state index in [0.717, 1.165) is 0 Å². The summed E-state index contributed by atoms with van der Waals surface area (Å²) in [6, 6.07) is 0. The third kappa shape index (κ3) is 38.2. The maximum atomic E-state index is 9.60. The Morgan fingerprint density at radius 1 is 0.938 bits per heavy atom. The summed E-state index contributed by atoms with van der Waals surface area (Å²) in [5.41, 5.74) is 0.352. The SMILES string of the molecule is C=C(C)C(=O)O.C=C(C)C(=O)O.[O]=[Zr]([OH])[OH]. The molecule has 8 heteroatoms. The average molecular weight is 313 g/mol. The second kappa shape index (κ2) is 12.1. The van der Waals surface area contributed by atoms with E-state index in [1.807, 2.05) is 0 Å². The molecule has 0 radical (unpaired) electrons. The van der Waals surface area contributed by atoms with Crippen LogP contribution in [0.3, 0.4) is 0 Å². The number of rotatable bonds is 2. The minimum absolute atomic E-state index is 0.176. The van der Waals surface area contributed by atoms with Gasteiger partial charge in [-0.05, 0) is 13.8 Å². The molecular weight excluding hydrogens is 299 g/mol. The molecule has 0 saturated heterocycles. The number of hydrogen-bond donors (Lipinski definition) is 4.